The molecular formula is C14H19N3O3. The van der Waals surface area contributed by atoms with Gasteiger partial charge in [0.25, 0.3) is 0 Å². The van der Waals surface area contributed by atoms with Crippen LogP contribution in [-0.2, 0) is 9.59 Å². The van der Waals surface area contributed by atoms with E-state index in [0.717, 1.165) is 5.69 Å². The maximum Gasteiger partial charge on any atom is 0.307 e. The van der Waals surface area contributed by atoms with Crippen molar-refractivity contribution < 1.29 is 14.7 Å². The second-order valence-corrected chi connectivity index (χ2v) is 5.89. The summed E-state index contributed by atoms with van der Waals surface area (Å²) in [6, 6.07) is 1.79. The van der Waals surface area contributed by atoms with Crippen LogP contribution in [0.5, 0.6) is 0 Å². The molecule has 1 heterocycles. The molecule has 2 atom stereocenters. The molecule has 0 aromatic carbocycles. The molecule has 0 spiro atoms. The minimum Gasteiger partial charge on any atom is -0.481 e. The largest absolute Gasteiger partial charge is 0.481 e. The van der Waals surface area contributed by atoms with Crippen molar-refractivity contribution in [3.8, 4) is 0 Å². The number of carbonyl (C=O) groups excluding carboxylic acids is 1. The van der Waals surface area contributed by atoms with Crippen LogP contribution in [-0.4, -0.2) is 36.1 Å². The molecule has 6 nitrogen and oxygen atoms in total. The van der Waals surface area contributed by atoms with Gasteiger partial charge in [0.2, 0.25) is 5.91 Å². The van der Waals surface area contributed by atoms with Gasteiger partial charge in [0.05, 0.1) is 29.4 Å². The van der Waals surface area contributed by atoms with E-state index in [1.165, 1.54) is 0 Å². The summed E-state index contributed by atoms with van der Waals surface area (Å²) in [6.45, 7) is 3.60. The lowest BCUT2D eigenvalue weighted by atomic mass is 10.1. The highest BCUT2D eigenvalue weighted by atomic mass is 16.4. The summed E-state index contributed by atoms with van der Waals surface area (Å²) < 4.78 is 0. The molecule has 2 N–H and O–H groups in total. The van der Waals surface area contributed by atoms with Gasteiger partial charge >= 0.3 is 5.97 Å². The predicted molar refractivity (Wildman–Crippen MR) is 75.6 cm³/mol. The topological polar surface area (TPSA) is 82.5 Å². The Hall–Kier alpha value is -2.11. The van der Waals surface area contributed by atoms with Gasteiger partial charge in [-0.2, -0.15) is 0 Å². The first-order chi connectivity index (χ1) is 9.26. The van der Waals surface area contributed by atoms with E-state index < -0.39 is 23.2 Å². The highest BCUT2D eigenvalue weighted by Crippen LogP contribution is 2.58. The first-order valence-electron chi connectivity index (χ1n) is 6.42. The van der Waals surface area contributed by atoms with E-state index in [1.807, 2.05) is 19.0 Å². The number of carbonyl (C=O) groups is 2. The molecule has 2 rings (SSSR count). The van der Waals surface area contributed by atoms with Crippen LogP contribution in [0.15, 0.2) is 18.5 Å². The van der Waals surface area contributed by atoms with Gasteiger partial charge in [-0.3, -0.25) is 14.6 Å². The fraction of sp³-hybridized carbons (Fsp3) is 0.500. The van der Waals surface area contributed by atoms with Crippen molar-refractivity contribution in [2.24, 2.45) is 17.3 Å². The van der Waals surface area contributed by atoms with Crippen molar-refractivity contribution in [2.75, 3.05) is 24.3 Å². The molecule has 1 amide bonds. The molecule has 1 aromatic heterocycles. The molecule has 108 valence electrons. The Morgan fingerprint density at radius 1 is 1.35 bits per heavy atom. The SMILES string of the molecule is CN(C)c1ccncc1NC(=O)C1C(C(=O)O)C1(C)C. The van der Waals surface area contributed by atoms with Crippen molar-refractivity contribution in [1.29, 1.82) is 0 Å². The van der Waals surface area contributed by atoms with Crippen LogP contribution in [0.3, 0.4) is 0 Å². The quantitative estimate of drug-likeness (QED) is 0.870. The van der Waals surface area contributed by atoms with E-state index in [9.17, 15) is 9.59 Å². The molecule has 0 aliphatic heterocycles. The van der Waals surface area contributed by atoms with Crippen molar-refractivity contribution in [3.05, 3.63) is 18.5 Å². The third kappa shape index (κ3) is 2.33. The first-order valence-corrected chi connectivity index (χ1v) is 6.42. The molecule has 1 fully saturated rings. The lowest BCUT2D eigenvalue weighted by Gasteiger charge is -2.17. The number of pyridine rings is 1. The Labute approximate surface area is 117 Å². The second kappa shape index (κ2) is 4.77. The fourth-order valence-corrected chi connectivity index (χ4v) is 2.67. The number of aliphatic carboxylic acids is 1. The normalized spacial score (nSPS) is 23.0. The van der Waals surface area contributed by atoms with E-state index >= 15 is 0 Å². The molecule has 1 saturated carbocycles. The van der Waals surface area contributed by atoms with Crippen molar-refractivity contribution in [2.45, 2.75) is 13.8 Å². The summed E-state index contributed by atoms with van der Waals surface area (Å²) in [5.74, 6) is -2.31. The molecule has 1 aliphatic carbocycles. The zero-order chi connectivity index (χ0) is 15.1. The van der Waals surface area contributed by atoms with E-state index in [4.69, 9.17) is 5.11 Å². The van der Waals surface area contributed by atoms with Crippen LogP contribution >= 0.6 is 0 Å². The lowest BCUT2D eigenvalue weighted by Crippen LogP contribution is -2.20. The smallest absolute Gasteiger partial charge is 0.307 e. The van der Waals surface area contributed by atoms with Crippen molar-refractivity contribution in [1.82, 2.24) is 4.98 Å². The van der Waals surface area contributed by atoms with Crippen LogP contribution in [0, 0.1) is 17.3 Å². The summed E-state index contributed by atoms with van der Waals surface area (Å²) in [7, 11) is 3.73. The summed E-state index contributed by atoms with van der Waals surface area (Å²) in [5.41, 5.74) is 0.921. The first kappa shape index (κ1) is 14.3. The van der Waals surface area contributed by atoms with Gasteiger partial charge in [0.15, 0.2) is 0 Å². The number of aromatic nitrogens is 1. The maximum absolute atomic E-state index is 12.3. The highest BCUT2D eigenvalue weighted by Gasteiger charge is 2.65. The van der Waals surface area contributed by atoms with Crippen molar-refractivity contribution in [3.63, 3.8) is 0 Å². The van der Waals surface area contributed by atoms with Gasteiger partial charge in [-0.15, -0.1) is 0 Å². The summed E-state index contributed by atoms with van der Waals surface area (Å²) in [5, 5.41) is 11.9. The fourth-order valence-electron chi connectivity index (χ4n) is 2.67. The minimum absolute atomic E-state index is 0.265. The Kier molecular flexibility index (Phi) is 3.41. The van der Waals surface area contributed by atoms with Gasteiger partial charge in [-0.25, -0.2) is 0 Å². The monoisotopic (exact) mass is 277 g/mol. The number of carboxylic acids is 1. The van der Waals surface area contributed by atoms with Crippen LogP contribution in [0.1, 0.15) is 13.8 Å². The third-order valence-electron chi connectivity index (χ3n) is 3.91. The molecule has 1 aromatic rings. The standard InChI is InChI=1S/C14H19N3O3/c1-14(2)10(11(14)13(19)20)12(18)16-8-7-15-6-5-9(8)17(3)4/h5-7,10-11H,1-4H3,(H,16,18)(H,19,20). The molecule has 0 bridgehead atoms. The maximum atomic E-state index is 12.3. The van der Waals surface area contributed by atoms with Gasteiger partial charge in [0, 0.05) is 20.3 Å². The molecule has 2 unspecified atom stereocenters. The Balaban J connectivity index is 2.16. The summed E-state index contributed by atoms with van der Waals surface area (Å²) >= 11 is 0. The zero-order valence-electron chi connectivity index (χ0n) is 12.0. The molecular weight excluding hydrogens is 258 g/mol. The lowest BCUT2D eigenvalue weighted by molar-refractivity contribution is -0.140. The second-order valence-electron chi connectivity index (χ2n) is 5.89. The van der Waals surface area contributed by atoms with Crippen LogP contribution in [0.4, 0.5) is 11.4 Å². The van der Waals surface area contributed by atoms with Gasteiger partial charge in [-0.1, -0.05) is 13.8 Å². The third-order valence-corrected chi connectivity index (χ3v) is 3.91. The number of anilines is 2. The number of nitrogens with one attached hydrogen (secondary N) is 1. The molecule has 0 radical (unpaired) electrons. The number of hydrogen-bond donors (Lipinski definition) is 2. The van der Waals surface area contributed by atoms with E-state index in [1.54, 1.807) is 32.3 Å². The van der Waals surface area contributed by atoms with E-state index in [2.05, 4.69) is 10.3 Å². The average Bonchev–Trinajstić information content (AvgIpc) is 2.93. The van der Waals surface area contributed by atoms with Gasteiger partial charge < -0.3 is 15.3 Å². The summed E-state index contributed by atoms with van der Waals surface area (Å²) in [4.78, 5) is 29.2. The number of rotatable bonds is 4. The number of carboxylic acid groups (broad SMARTS) is 1. The molecule has 6 heteroatoms. The van der Waals surface area contributed by atoms with Crippen molar-refractivity contribution >= 4 is 23.3 Å². The number of nitrogens with zero attached hydrogens (tertiary/aromatic N) is 2. The zero-order valence-corrected chi connectivity index (χ0v) is 12.0. The highest BCUT2D eigenvalue weighted by molar-refractivity contribution is 6.01. The van der Waals surface area contributed by atoms with Crippen LogP contribution in [0.25, 0.3) is 0 Å². The van der Waals surface area contributed by atoms with E-state index in [0.29, 0.717) is 5.69 Å². The average molecular weight is 277 g/mol. The summed E-state index contributed by atoms with van der Waals surface area (Å²) in [6.07, 6.45) is 3.21. The molecule has 20 heavy (non-hydrogen) atoms. The van der Waals surface area contributed by atoms with E-state index in [-0.39, 0.29) is 5.91 Å². The Bertz CT molecular complexity index is 554. The number of hydrogen-bond acceptors (Lipinski definition) is 4. The Morgan fingerprint density at radius 2 is 2.00 bits per heavy atom. The molecule has 0 saturated heterocycles. The predicted octanol–water partition coefficient (Wildman–Crippen LogP) is 1.44. The van der Waals surface area contributed by atoms with Gasteiger partial charge in [0.1, 0.15) is 0 Å². The Morgan fingerprint density at radius 3 is 2.50 bits per heavy atom. The van der Waals surface area contributed by atoms with Crippen LogP contribution < -0.4 is 10.2 Å². The number of amides is 1. The molecule has 1 aliphatic rings. The minimum atomic E-state index is -0.922. The van der Waals surface area contributed by atoms with Crippen LogP contribution in [0.2, 0.25) is 0 Å². The van der Waals surface area contributed by atoms with Gasteiger partial charge in [-0.05, 0) is 11.5 Å².